The number of hydrogen-bond acceptors (Lipinski definition) is 5. The van der Waals surface area contributed by atoms with Crippen LogP contribution in [0, 0.1) is 25.5 Å². The Morgan fingerprint density at radius 2 is 1.85 bits per heavy atom. The van der Waals surface area contributed by atoms with Crippen molar-refractivity contribution in [3.05, 3.63) is 40.8 Å². The van der Waals surface area contributed by atoms with E-state index in [1.54, 1.807) is 18.7 Å². The zero-order valence-electron chi connectivity index (χ0n) is 15.8. The average Bonchev–Trinajstić information content (AvgIpc) is 2.92. The first kappa shape index (κ1) is 19.3. The van der Waals surface area contributed by atoms with E-state index < -0.39 is 24.3 Å². The van der Waals surface area contributed by atoms with Crippen LogP contribution in [0.3, 0.4) is 0 Å². The van der Waals surface area contributed by atoms with E-state index >= 15 is 0 Å². The van der Waals surface area contributed by atoms with Gasteiger partial charge in [0.25, 0.3) is 0 Å². The number of hydrogen-bond donors (Lipinski definition) is 1. The molecule has 0 saturated carbocycles. The van der Waals surface area contributed by atoms with E-state index in [2.05, 4.69) is 10.5 Å². The lowest BCUT2D eigenvalue weighted by Crippen LogP contribution is -2.57. The van der Waals surface area contributed by atoms with E-state index in [0.29, 0.717) is 35.7 Å². The molecular formula is C19H23F2N3O3. The Hall–Kier alpha value is -2.48. The number of nitrogens with one attached hydrogen (secondary N) is 1. The predicted molar refractivity (Wildman–Crippen MR) is 95.1 cm³/mol. The molecule has 1 fully saturated rings. The molecule has 1 amide bonds. The second-order valence-electron chi connectivity index (χ2n) is 6.94. The molecule has 0 aliphatic carbocycles. The summed E-state index contributed by atoms with van der Waals surface area (Å²) in [5, 5.41) is 7.01. The van der Waals surface area contributed by atoms with Gasteiger partial charge in [0.15, 0.2) is 0 Å². The van der Waals surface area contributed by atoms with Crippen molar-refractivity contribution in [2.75, 3.05) is 13.1 Å². The van der Waals surface area contributed by atoms with Crippen LogP contribution in [-0.4, -0.2) is 41.3 Å². The van der Waals surface area contributed by atoms with Gasteiger partial charge in [-0.2, -0.15) is 0 Å². The van der Waals surface area contributed by atoms with Crippen molar-refractivity contribution in [1.29, 1.82) is 0 Å². The highest BCUT2D eigenvalue weighted by Crippen LogP contribution is 2.30. The molecule has 0 spiro atoms. The smallest absolute Gasteiger partial charge is 0.410 e. The highest BCUT2D eigenvalue weighted by atomic mass is 19.1. The van der Waals surface area contributed by atoms with Crippen LogP contribution < -0.4 is 5.32 Å². The maximum atomic E-state index is 14.5. The molecule has 2 heterocycles. The van der Waals surface area contributed by atoms with E-state index in [9.17, 15) is 13.6 Å². The number of rotatable bonds is 3. The fourth-order valence-corrected chi connectivity index (χ4v) is 3.48. The van der Waals surface area contributed by atoms with Gasteiger partial charge in [0.1, 0.15) is 24.0 Å². The lowest BCUT2D eigenvalue weighted by molar-refractivity contribution is 0.0552. The summed E-state index contributed by atoms with van der Waals surface area (Å²) in [5.74, 6) is -1.08. The minimum atomic E-state index is -0.779. The van der Waals surface area contributed by atoms with Crippen molar-refractivity contribution < 1.29 is 22.8 Å². The maximum absolute atomic E-state index is 14.5. The molecule has 0 bridgehead atoms. The Morgan fingerprint density at radius 3 is 2.37 bits per heavy atom. The van der Waals surface area contributed by atoms with Crippen molar-refractivity contribution >= 4 is 6.09 Å². The average molecular weight is 379 g/mol. The minimum absolute atomic E-state index is 0.0575. The molecule has 27 heavy (non-hydrogen) atoms. The molecule has 2 aromatic rings. The van der Waals surface area contributed by atoms with Crippen LogP contribution in [0.1, 0.15) is 30.9 Å². The van der Waals surface area contributed by atoms with E-state index in [0.717, 1.165) is 0 Å². The Balaban J connectivity index is 1.77. The number of carbonyl (C=O) groups excluding carboxylic acids is 1. The number of aromatic nitrogens is 1. The Morgan fingerprint density at radius 1 is 1.26 bits per heavy atom. The van der Waals surface area contributed by atoms with E-state index in [4.69, 9.17) is 9.26 Å². The molecule has 2 unspecified atom stereocenters. The Kier molecular flexibility index (Phi) is 5.46. The van der Waals surface area contributed by atoms with Gasteiger partial charge in [0.2, 0.25) is 0 Å². The van der Waals surface area contributed by atoms with Gasteiger partial charge in [0, 0.05) is 30.7 Å². The summed E-state index contributed by atoms with van der Waals surface area (Å²) in [6.45, 7) is 7.99. The number of ether oxygens (including phenoxy) is 1. The number of piperazine rings is 1. The number of amides is 1. The number of nitrogens with zero attached hydrogens (tertiary/aromatic N) is 2. The van der Waals surface area contributed by atoms with Gasteiger partial charge >= 0.3 is 6.09 Å². The van der Waals surface area contributed by atoms with Crippen molar-refractivity contribution in [2.24, 2.45) is 0 Å². The maximum Gasteiger partial charge on any atom is 0.410 e. The van der Waals surface area contributed by atoms with E-state index in [1.807, 2.05) is 13.8 Å². The molecule has 6 nitrogen and oxygen atoms in total. The molecule has 0 radical (unpaired) electrons. The third-order valence-corrected chi connectivity index (χ3v) is 4.84. The zero-order valence-corrected chi connectivity index (χ0v) is 15.8. The first-order valence-electron chi connectivity index (χ1n) is 8.86. The highest BCUT2D eigenvalue weighted by Gasteiger charge is 2.30. The van der Waals surface area contributed by atoms with E-state index in [1.165, 1.54) is 12.1 Å². The lowest BCUT2D eigenvalue weighted by Gasteiger charge is -2.38. The van der Waals surface area contributed by atoms with Crippen LogP contribution in [0.15, 0.2) is 16.7 Å². The molecular weight excluding hydrogens is 356 g/mol. The summed E-state index contributed by atoms with van der Waals surface area (Å²) in [5.41, 5.74) is 1.15. The van der Waals surface area contributed by atoms with Crippen LogP contribution in [0.4, 0.5) is 13.6 Å². The molecule has 2 atom stereocenters. The van der Waals surface area contributed by atoms with Crippen LogP contribution in [0.25, 0.3) is 11.1 Å². The van der Waals surface area contributed by atoms with Gasteiger partial charge in [-0.25, -0.2) is 13.6 Å². The molecule has 1 aromatic carbocycles. The topological polar surface area (TPSA) is 67.6 Å². The first-order chi connectivity index (χ1) is 12.8. The van der Waals surface area contributed by atoms with Gasteiger partial charge in [-0.3, -0.25) is 0 Å². The molecule has 146 valence electrons. The van der Waals surface area contributed by atoms with E-state index in [-0.39, 0.29) is 17.6 Å². The monoisotopic (exact) mass is 379 g/mol. The number of benzene rings is 1. The Labute approximate surface area is 156 Å². The summed E-state index contributed by atoms with van der Waals surface area (Å²) < 4.78 is 39.3. The van der Waals surface area contributed by atoms with Crippen LogP contribution >= 0.6 is 0 Å². The van der Waals surface area contributed by atoms with Crippen molar-refractivity contribution in [3.63, 3.8) is 0 Å². The lowest BCUT2D eigenvalue weighted by atomic mass is 10.0. The highest BCUT2D eigenvalue weighted by molar-refractivity contribution is 5.69. The first-order valence-corrected chi connectivity index (χ1v) is 8.86. The van der Waals surface area contributed by atoms with Crippen LogP contribution in [-0.2, 0) is 11.3 Å². The molecule has 1 aliphatic rings. The zero-order chi connectivity index (χ0) is 19.7. The third kappa shape index (κ3) is 3.80. The second-order valence-corrected chi connectivity index (χ2v) is 6.94. The molecule has 1 saturated heterocycles. The number of halogens is 2. The van der Waals surface area contributed by atoms with Crippen LogP contribution in [0.5, 0.6) is 0 Å². The largest absolute Gasteiger partial charge is 0.444 e. The number of carbonyl (C=O) groups is 1. The fraction of sp³-hybridized carbons (Fsp3) is 0.474. The fourth-order valence-electron chi connectivity index (χ4n) is 3.48. The number of aryl methyl sites for hydroxylation is 2. The van der Waals surface area contributed by atoms with Crippen molar-refractivity contribution in [3.8, 4) is 11.1 Å². The summed E-state index contributed by atoms with van der Waals surface area (Å²) in [6, 6.07) is 2.29. The molecule has 1 N–H and O–H groups in total. The van der Waals surface area contributed by atoms with Gasteiger partial charge in [-0.1, -0.05) is 5.16 Å². The molecule has 3 rings (SSSR count). The normalized spacial score (nSPS) is 20.0. The second kappa shape index (κ2) is 7.64. The molecule has 8 heteroatoms. The standard InChI is InChI=1S/C19H23F2N3O3/c1-10-7-22-8-11(2)24(10)19(25)26-9-15-16(20)5-14(6-17(15)21)18-12(3)23-27-13(18)4/h5-6,10-11,22H,7-9H2,1-4H3. The quantitative estimate of drug-likeness (QED) is 0.883. The van der Waals surface area contributed by atoms with Crippen molar-refractivity contribution in [1.82, 2.24) is 15.4 Å². The summed E-state index contributed by atoms with van der Waals surface area (Å²) in [7, 11) is 0. The van der Waals surface area contributed by atoms with Crippen LogP contribution in [0.2, 0.25) is 0 Å². The minimum Gasteiger partial charge on any atom is -0.444 e. The summed E-state index contributed by atoms with van der Waals surface area (Å²) in [6.07, 6.45) is -0.579. The summed E-state index contributed by atoms with van der Waals surface area (Å²) >= 11 is 0. The third-order valence-electron chi connectivity index (χ3n) is 4.84. The van der Waals surface area contributed by atoms with Gasteiger partial charge in [-0.05, 0) is 45.4 Å². The van der Waals surface area contributed by atoms with Gasteiger partial charge in [0.05, 0.1) is 11.3 Å². The Bertz CT molecular complexity index is 800. The predicted octanol–water partition coefficient (Wildman–Crippen LogP) is 3.56. The SMILES string of the molecule is Cc1noc(C)c1-c1cc(F)c(COC(=O)N2C(C)CNCC2C)c(F)c1. The van der Waals surface area contributed by atoms with Gasteiger partial charge in [-0.15, -0.1) is 0 Å². The van der Waals surface area contributed by atoms with Crippen molar-refractivity contribution in [2.45, 2.75) is 46.4 Å². The molecule has 1 aliphatic heterocycles. The summed E-state index contributed by atoms with van der Waals surface area (Å²) in [4.78, 5) is 14.0. The van der Waals surface area contributed by atoms with Gasteiger partial charge < -0.3 is 19.5 Å². The molecule has 1 aromatic heterocycles.